The van der Waals surface area contributed by atoms with E-state index in [1.807, 2.05) is 0 Å². The van der Waals surface area contributed by atoms with Crippen LogP contribution in [0.4, 0.5) is 0 Å². The molecule has 1 aromatic rings. The summed E-state index contributed by atoms with van der Waals surface area (Å²) < 4.78 is 0. The molecule has 0 radical (unpaired) electrons. The molecule has 3 nitrogen and oxygen atoms in total. The minimum atomic E-state index is -0.410. The fourth-order valence-corrected chi connectivity index (χ4v) is 2.71. The Balaban J connectivity index is 2.13. The second kappa shape index (κ2) is 5.72. The van der Waals surface area contributed by atoms with Gasteiger partial charge in [-0.15, -0.1) is 0 Å². The highest BCUT2D eigenvalue weighted by Crippen LogP contribution is 2.24. The largest absolute Gasteiger partial charge is 0.391 e. The molecular formula is C14H18ClNO2. The van der Waals surface area contributed by atoms with Crippen molar-refractivity contribution in [3.63, 3.8) is 0 Å². The van der Waals surface area contributed by atoms with E-state index >= 15 is 0 Å². The highest BCUT2D eigenvalue weighted by molar-refractivity contribution is 6.30. The summed E-state index contributed by atoms with van der Waals surface area (Å²) in [5.41, 5.74) is 0.572. The van der Waals surface area contributed by atoms with E-state index in [4.69, 9.17) is 11.6 Å². The first-order chi connectivity index (χ1) is 8.59. The van der Waals surface area contributed by atoms with Crippen LogP contribution in [0.15, 0.2) is 24.3 Å². The lowest BCUT2D eigenvalue weighted by molar-refractivity contribution is 0.0268. The summed E-state index contributed by atoms with van der Waals surface area (Å²) in [5.74, 6) is -0.0801. The van der Waals surface area contributed by atoms with Crippen LogP contribution in [0.25, 0.3) is 0 Å². The lowest BCUT2D eigenvalue weighted by atomic mass is 9.91. The molecule has 1 N–H and O–H groups in total. The SMILES string of the molecule is CN(C(=O)c1cccc(Cl)c1)[C@@H]1CCCC[C@H]1O. The normalized spacial score (nSPS) is 23.7. The zero-order chi connectivity index (χ0) is 13.1. The van der Waals surface area contributed by atoms with E-state index in [1.54, 1.807) is 36.2 Å². The Morgan fingerprint density at radius 1 is 1.39 bits per heavy atom. The number of aliphatic hydroxyl groups excluding tert-OH is 1. The van der Waals surface area contributed by atoms with Crippen molar-refractivity contribution < 1.29 is 9.90 Å². The number of hydrogen-bond donors (Lipinski definition) is 1. The van der Waals surface area contributed by atoms with E-state index in [9.17, 15) is 9.90 Å². The molecule has 0 saturated heterocycles. The number of carbonyl (C=O) groups excluding carboxylic acids is 1. The molecule has 0 unspecified atom stereocenters. The number of benzene rings is 1. The van der Waals surface area contributed by atoms with Crippen molar-refractivity contribution >= 4 is 17.5 Å². The Morgan fingerprint density at radius 2 is 2.11 bits per heavy atom. The van der Waals surface area contributed by atoms with Gasteiger partial charge in [0.25, 0.3) is 5.91 Å². The molecule has 0 heterocycles. The van der Waals surface area contributed by atoms with Crippen LogP contribution in [0.5, 0.6) is 0 Å². The van der Waals surface area contributed by atoms with E-state index in [-0.39, 0.29) is 11.9 Å². The van der Waals surface area contributed by atoms with Crippen molar-refractivity contribution in [2.24, 2.45) is 0 Å². The van der Waals surface area contributed by atoms with Crippen LogP contribution >= 0.6 is 11.6 Å². The molecule has 0 aliphatic heterocycles. The first-order valence-corrected chi connectivity index (χ1v) is 6.68. The minimum absolute atomic E-state index is 0.0785. The quantitative estimate of drug-likeness (QED) is 0.895. The van der Waals surface area contributed by atoms with Crippen molar-refractivity contribution in [3.8, 4) is 0 Å². The molecule has 0 spiro atoms. The standard InChI is InChI=1S/C14H18ClNO2/c1-16(12-7-2-3-8-13(12)17)14(18)10-5-4-6-11(15)9-10/h4-6,9,12-13,17H,2-3,7-8H2,1H3/t12-,13-/m1/s1. The number of likely N-dealkylation sites (N-methyl/N-ethyl adjacent to an activating group) is 1. The summed E-state index contributed by atoms with van der Waals surface area (Å²) in [4.78, 5) is 13.9. The second-order valence-corrected chi connectivity index (χ2v) is 5.28. The molecule has 4 heteroatoms. The van der Waals surface area contributed by atoms with Crippen molar-refractivity contribution in [1.82, 2.24) is 4.90 Å². The molecule has 1 amide bonds. The molecule has 0 aromatic heterocycles. The second-order valence-electron chi connectivity index (χ2n) is 4.85. The summed E-state index contributed by atoms with van der Waals surface area (Å²) in [5, 5.41) is 10.5. The molecule has 1 aromatic carbocycles. The summed E-state index contributed by atoms with van der Waals surface area (Å²) in [6.07, 6.45) is 3.33. The monoisotopic (exact) mass is 267 g/mol. The maximum atomic E-state index is 12.3. The number of halogens is 1. The van der Waals surface area contributed by atoms with Gasteiger partial charge in [0.15, 0.2) is 0 Å². The van der Waals surface area contributed by atoms with Gasteiger partial charge in [-0.05, 0) is 31.0 Å². The first-order valence-electron chi connectivity index (χ1n) is 6.30. The molecule has 1 saturated carbocycles. The van der Waals surface area contributed by atoms with Gasteiger partial charge in [-0.2, -0.15) is 0 Å². The van der Waals surface area contributed by atoms with Crippen LogP contribution < -0.4 is 0 Å². The Morgan fingerprint density at radius 3 is 2.78 bits per heavy atom. The lowest BCUT2D eigenvalue weighted by Gasteiger charge is -2.35. The zero-order valence-electron chi connectivity index (χ0n) is 10.5. The Kier molecular flexibility index (Phi) is 4.25. The number of nitrogens with zero attached hydrogens (tertiary/aromatic N) is 1. The molecule has 1 aliphatic carbocycles. The first kappa shape index (κ1) is 13.4. The van der Waals surface area contributed by atoms with Crippen LogP contribution in [-0.4, -0.2) is 35.1 Å². The van der Waals surface area contributed by atoms with Gasteiger partial charge in [0.1, 0.15) is 0 Å². The predicted octanol–water partition coefficient (Wildman–Crippen LogP) is 2.72. The molecule has 1 aliphatic rings. The third-order valence-corrected chi connectivity index (χ3v) is 3.82. The van der Waals surface area contributed by atoms with Crippen LogP contribution in [0.1, 0.15) is 36.0 Å². The van der Waals surface area contributed by atoms with E-state index in [2.05, 4.69) is 0 Å². The van der Waals surface area contributed by atoms with Gasteiger partial charge in [0, 0.05) is 17.6 Å². The average molecular weight is 268 g/mol. The topological polar surface area (TPSA) is 40.5 Å². The molecular weight excluding hydrogens is 250 g/mol. The summed E-state index contributed by atoms with van der Waals surface area (Å²) in [6, 6.07) is 6.84. The molecule has 2 atom stereocenters. The number of hydrogen-bond acceptors (Lipinski definition) is 2. The lowest BCUT2D eigenvalue weighted by Crippen LogP contribution is -2.46. The van der Waals surface area contributed by atoms with Crippen molar-refractivity contribution in [2.45, 2.75) is 37.8 Å². The number of aliphatic hydroxyl groups is 1. The van der Waals surface area contributed by atoms with Crippen LogP contribution in [0.2, 0.25) is 5.02 Å². The number of amides is 1. The van der Waals surface area contributed by atoms with Crippen molar-refractivity contribution in [3.05, 3.63) is 34.9 Å². The van der Waals surface area contributed by atoms with E-state index < -0.39 is 6.10 Å². The zero-order valence-corrected chi connectivity index (χ0v) is 11.2. The van der Waals surface area contributed by atoms with Gasteiger partial charge in [-0.3, -0.25) is 4.79 Å². The Labute approximate surface area is 112 Å². The van der Waals surface area contributed by atoms with Crippen LogP contribution in [0.3, 0.4) is 0 Å². The van der Waals surface area contributed by atoms with Crippen molar-refractivity contribution in [1.29, 1.82) is 0 Å². The molecule has 0 bridgehead atoms. The maximum Gasteiger partial charge on any atom is 0.253 e. The highest BCUT2D eigenvalue weighted by Gasteiger charge is 2.29. The molecule has 98 valence electrons. The number of carbonyl (C=O) groups is 1. The van der Waals surface area contributed by atoms with Gasteiger partial charge in [-0.1, -0.05) is 30.5 Å². The van der Waals surface area contributed by atoms with Crippen LogP contribution in [-0.2, 0) is 0 Å². The maximum absolute atomic E-state index is 12.3. The highest BCUT2D eigenvalue weighted by atomic mass is 35.5. The van der Waals surface area contributed by atoms with E-state index in [1.165, 1.54) is 0 Å². The summed E-state index contributed by atoms with van der Waals surface area (Å²) in [6.45, 7) is 0. The summed E-state index contributed by atoms with van der Waals surface area (Å²) in [7, 11) is 1.75. The number of rotatable bonds is 2. The van der Waals surface area contributed by atoms with Crippen molar-refractivity contribution in [2.75, 3.05) is 7.05 Å². The third-order valence-electron chi connectivity index (χ3n) is 3.58. The third kappa shape index (κ3) is 2.85. The van der Waals surface area contributed by atoms with Gasteiger partial charge in [0.05, 0.1) is 12.1 Å². The van der Waals surface area contributed by atoms with Gasteiger partial charge < -0.3 is 10.0 Å². The van der Waals surface area contributed by atoms with E-state index in [0.717, 1.165) is 25.7 Å². The Bertz CT molecular complexity index is 436. The smallest absolute Gasteiger partial charge is 0.253 e. The Hall–Kier alpha value is -1.06. The van der Waals surface area contributed by atoms with E-state index in [0.29, 0.717) is 10.6 Å². The minimum Gasteiger partial charge on any atom is -0.391 e. The van der Waals surface area contributed by atoms with Gasteiger partial charge >= 0.3 is 0 Å². The summed E-state index contributed by atoms with van der Waals surface area (Å²) >= 11 is 5.89. The average Bonchev–Trinajstić information content (AvgIpc) is 2.37. The fraction of sp³-hybridized carbons (Fsp3) is 0.500. The fourth-order valence-electron chi connectivity index (χ4n) is 2.52. The molecule has 18 heavy (non-hydrogen) atoms. The molecule has 1 fully saturated rings. The molecule has 2 rings (SSSR count). The van der Waals surface area contributed by atoms with Gasteiger partial charge in [0.2, 0.25) is 0 Å². The van der Waals surface area contributed by atoms with Crippen LogP contribution in [0, 0.1) is 0 Å². The predicted molar refractivity (Wildman–Crippen MR) is 71.8 cm³/mol. The van der Waals surface area contributed by atoms with Gasteiger partial charge in [-0.25, -0.2) is 0 Å².